The summed E-state index contributed by atoms with van der Waals surface area (Å²) in [6, 6.07) is 4.50. The van der Waals surface area contributed by atoms with E-state index >= 15 is 0 Å². The fraction of sp³-hybridized carbons (Fsp3) is 0.529. The van der Waals surface area contributed by atoms with E-state index in [0.29, 0.717) is 0 Å². The van der Waals surface area contributed by atoms with Crippen LogP contribution in [0, 0.1) is 6.92 Å². The molecule has 2 aromatic heterocycles. The van der Waals surface area contributed by atoms with Gasteiger partial charge in [0.1, 0.15) is 11.5 Å². The third-order valence-electron chi connectivity index (χ3n) is 4.08. The van der Waals surface area contributed by atoms with Crippen molar-refractivity contribution in [2.45, 2.75) is 46.3 Å². The molecule has 21 heavy (non-hydrogen) atoms. The lowest BCUT2D eigenvalue weighted by molar-refractivity contribution is 0.246. The van der Waals surface area contributed by atoms with Gasteiger partial charge in [-0.3, -0.25) is 4.90 Å². The van der Waals surface area contributed by atoms with Gasteiger partial charge >= 0.3 is 0 Å². The van der Waals surface area contributed by atoms with Crippen molar-refractivity contribution in [3.05, 3.63) is 45.0 Å². The minimum atomic E-state index is 0.837. The van der Waals surface area contributed by atoms with Gasteiger partial charge in [-0.15, -0.1) is 11.3 Å². The van der Waals surface area contributed by atoms with Crippen molar-refractivity contribution in [1.29, 1.82) is 0 Å². The summed E-state index contributed by atoms with van der Waals surface area (Å²) in [7, 11) is 0. The molecule has 114 valence electrons. The summed E-state index contributed by atoms with van der Waals surface area (Å²) in [4.78, 5) is 4.09. The lowest BCUT2D eigenvalue weighted by Gasteiger charge is -2.26. The molecule has 1 aliphatic rings. The van der Waals surface area contributed by atoms with E-state index in [0.717, 1.165) is 50.7 Å². The number of hydrogen-bond acceptors (Lipinski definition) is 4. The smallest absolute Gasteiger partial charge is 0.118 e. The number of furan rings is 1. The van der Waals surface area contributed by atoms with E-state index in [4.69, 9.17) is 4.42 Å². The molecule has 0 bridgehead atoms. The molecule has 0 saturated carbocycles. The maximum Gasteiger partial charge on any atom is 0.118 e. The SMILES string of the molecule is CCCNCc1cc(CN2CCc3sccc3C2)c(C)o1. The van der Waals surface area contributed by atoms with Crippen LogP contribution in [-0.2, 0) is 26.1 Å². The Morgan fingerprint density at radius 3 is 3.19 bits per heavy atom. The van der Waals surface area contributed by atoms with Crippen molar-refractivity contribution in [2.24, 2.45) is 0 Å². The summed E-state index contributed by atoms with van der Waals surface area (Å²) < 4.78 is 5.87. The zero-order valence-electron chi connectivity index (χ0n) is 12.9. The molecule has 1 aliphatic heterocycles. The number of nitrogens with zero attached hydrogens (tertiary/aromatic N) is 1. The highest BCUT2D eigenvalue weighted by atomic mass is 32.1. The first-order chi connectivity index (χ1) is 10.3. The second-order valence-electron chi connectivity index (χ2n) is 5.80. The first kappa shape index (κ1) is 14.8. The van der Waals surface area contributed by atoms with E-state index in [-0.39, 0.29) is 0 Å². The molecule has 0 saturated heterocycles. The summed E-state index contributed by atoms with van der Waals surface area (Å²) in [6.45, 7) is 9.37. The van der Waals surface area contributed by atoms with E-state index in [1.165, 1.54) is 17.5 Å². The summed E-state index contributed by atoms with van der Waals surface area (Å²) in [5.74, 6) is 2.13. The minimum Gasteiger partial charge on any atom is -0.465 e. The third kappa shape index (κ3) is 3.57. The second kappa shape index (κ2) is 6.77. The molecule has 4 heteroatoms. The number of aryl methyl sites for hydroxylation is 1. The number of nitrogens with one attached hydrogen (secondary N) is 1. The summed E-state index contributed by atoms with van der Waals surface area (Å²) in [5, 5.41) is 5.62. The van der Waals surface area contributed by atoms with Crippen molar-refractivity contribution >= 4 is 11.3 Å². The molecular weight excluding hydrogens is 280 g/mol. The Morgan fingerprint density at radius 2 is 2.33 bits per heavy atom. The Balaban J connectivity index is 1.60. The van der Waals surface area contributed by atoms with Crippen molar-refractivity contribution in [2.75, 3.05) is 13.1 Å². The molecule has 0 unspecified atom stereocenters. The molecule has 2 aromatic rings. The average molecular weight is 304 g/mol. The predicted molar refractivity (Wildman–Crippen MR) is 87.6 cm³/mol. The van der Waals surface area contributed by atoms with E-state index in [2.05, 4.69) is 41.6 Å². The fourth-order valence-corrected chi connectivity index (χ4v) is 3.79. The van der Waals surface area contributed by atoms with E-state index in [9.17, 15) is 0 Å². The largest absolute Gasteiger partial charge is 0.465 e. The van der Waals surface area contributed by atoms with Gasteiger partial charge in [0.15, 0.2) is 0 Å². The summed E-state index contributed by atoms with van der Waals surface area (Å²) >= 11 is 1.90. The number of fused-ring (bicyclic) bond motifs is 1. The van der Waals surface area contributed by atoms with Crippen molar-refractivity contribution in [3.63, 3.8) is 0 Å². The normalized spacial score (nSPS) is 15.3. The molecule has 3 nitrogen and oxygen atoms in total. The molecule has 0 atom stereocenters. The number of rotatable bonds is 6. The standard InChI is InChI=1S/C17H24N2OS/c1-3-6-18-10-16-9-15(13(2)20-16)12-19-7-4-17-14(11-19)5-8-21-17/h5,8-9,18H,3-4,6-7,10-12H2,1-2H3. The second-order valence-corrected chi connectivity index (χ2v) is 6.80. The Kier molecular flexibility index (Phi) is 4.78. The van der Waals surface area contributed by atoms with Crippen molar-refractivity contribution in [3.8, 4) is 0 Å². The zero-order chi connectivity index (χ0) is 14.7. The maximum atomic E-state index is 5.87. The molecule has 3 heterocycles. The van der Waals surface area contributed by atoms with Gasteiger partial charge in [-0.05, 0) is 49.4 Å². The first-order valence-electron chi connectivity index (χ1n) is 7.82. The maximum absolute atomic E-state index is 5.87. The Labute approximate surface area is 131 Å². The topological polar surface area (TPSA) is 28.4 Å². The van der Waals surface area contributed by atoms with Crippen LogP contribution < -0.4 is 5.32 Å². The first-order valence-corrected chi connectivity index (χ1v) is 8.70. The van der Waals surface area contributed by atoms with Gasteiger partial charge in [0.05, 0.1) is 6.54 Å². The summed E-state index contributed by atoms with van der Waals surface area (Å²) in [6.07, 6.45) is 2.35. The van der Waals surface area contributed by atoms with Crippen LogP contribution in [0.2, 0.25) is 0 Å². The van der Waals surface area contributed by atoms with Crippen molar-refractivity contribution in [1.82, 2.24) is 10.2 Å². The molecule has 0 aliphatic carbocycles. The van der Waals surface area contributed by atoms with Gasteiger partial charge in [-0.2, -0.15) is 0 Å². The van der Waals surface area contributed by atoms with Crippen LogP contribution in [0.5, 0.6) is 0 Å². The van der Waals surface area contributed by atoms with Crippen LogP contribution in [0.4, 0.5) is 0 Å². The van der Waals surface area contributed by atoms with Gasteiger partial charge in [0, 0.05) is 30.1 Å². The fourth-order valence-electron chi connectivity index (χ4n) is 2.90. The molecule has 0 fully saturated rings. The monoisotopic (exact) mass is 304 g/mol. The number of thiophene rings is 1. The van der Waals surface area contributed by atoms with Crippen LogP contribution >= 0.6 is 11.3 Å². The van der Waals surface area contributed by atoms with Gasteiger partial charge in [-0.1, -0.05) is 6.92 Å². The Hall–Kier alpha value is -1.10. The quantitative estimate of drug-likeness (QED) is 0.825. The highest BCUT2D eigenvalue weighted by Gasteiger charge is 2.19. The van der Waals surface area contributed by atoms with Gasteiger partial charge in [0.2, 0.25) is 0 Å². The molecule has 0 aromatic carbocycles. The predicted octanol–water partition coefficient (Wildman–Crippen LogP) is 3.71. The molecule has 3 rings (SSSR count). The zero-order valence-corrected chi connectivity index (χ0v) is 13.8. The van der Waals surface area contributed by atoms with E-state index < -0.39 is 0 Å². The molecule has 0 amide bonds. The molecule has 0 radical (unpaired) electrons. The molecule has 0 spiro atoms. The van der Waals surface area contributed by atoms with Gasteiger partial charge in [0.25, 0.3) is 0 Å². The minimum absolute atomic E-state index is 0.837. The van der Waals surface area contributed by atoms with Crippen LogP contribution in [0.25, 0.3) is 0 Å². The summed E-state index contributed by atoms with van der Waals surface area (Å²) in [5.41, 5.74) is 2.85. The van der Waals surface area contributed by atoms with Gasteiger partial charge < -0.3 is 9.73 Å². The highest BCUT2D eigenvalue weighted by molar-refractivity contribution is 7.10. The van der Waals surface area contributed by atoms with Crippen LogP contribution in [0.1, 0.15) is 40.9 Å². The Bertz CT molecular complexity index is 587. The van der Waals surface area contributed by atoms with E-state index in [1.54, 1.807) is 4.88 Å². The third-order valence-corrected chi connectivity index (χ3v) is 5.10. The number of hydrogen-bond donors (Lipinski definition) is 1. The highest BCUT2D eigenvalue weighted by Crippen LogP contribution is 2.26. The lowest BCUT2D eigenvalue weighted by atomic mass is 10.1. The van der Waals surface area contributed by atoms with Crippen molar-refractivity contribution < 1.29 is 4.42 Å². The van der Waals surface area contributed by atoms with Crippen LogP contribution in [0.3, 0.4) is 0 Å². The van der Waals surface area contributed by atoms with Crippen LogP contribution in [0.15, 0.2) is 21.9 Å². The van der Waals surface area contributed by atoms with Gasteiger partial charge in [-0.25, -0.2) is 0 Å². The van der Waals surface area contributed by atoms with E-state index in [1.807, 2.05) is 11.3 Å². The molecular formula is C17H24N2OS. The average Bonchev–Trinajstić information content (AvgIpc) is 3.06. The lowest BCUT2D eigenvalue weighted by Crippen LogP contribution is -2.29. The van der Waals surface area contributed by atoms with Crippen LogP contribution in [-0.4, -0.2) is 18.0 Å². The Morgan fingerprint density at radius 1 is 1.43 bits per heavy atom. The molecule has 1 N–H and O–H groups in total.